The van der Waals surface area contributed by atoms with Gasteiger partial charge < -0.3 is 10.1 Å². The first-order valence-corrected chi connectivity index (χ1v) is 9.67. The highest BCUT2D eigenvalue weighted by atomic mass is 32.1. The average Bonchev–Trinajstić information content (AvgIpc) is 3.36. The van der Waals surface area contributed by atoms with E-state index in [2.05, 4.69) is 27.7 Å². The molecule has 0 aliphatic carbocycles. The standard InChI is InChI=1S/C20H22N2O2S/c23-20(16-12-15-6-1-2-7-18(15)24-14-16)21-13-17(19-8-5-11-25-19)22-9-3-4-10-22/h1-2,5-8,11-12,17H,3-4,9-10,13-14H2,(H,21,23). The van der Waals surface area contributed by atoms with Gasteiger partial charge in [0.1, 0.15) is 12.4 Å². The lowest BCUT2D eigenvalue weighted by Gasteiger charge is -2.27. The van der Waals surface area contributed by atoms with Gasteiger partial charge in [0.15, 0.2) is 0 Å². The largest absolute Gasteiger partial charge is 0.488 e. The summed E-state index contributed by atoms with van der Waals surface area (Å²) in [5.74, 6) is 0.808. The highest BCUT2D eigenvalue weighted by Gasteiger charge is 2.25. The van der Waals surface area contributed by atoms with Gasteiger partial charge in [0, 0.05) is 17.0 Å². The number of nitrogens with one attached hydrogen (secondary N) is 1. The summed E-state index contributed by atoms with van der Waals surface area (Å²) in [6.07, 6.45) is 4.42. The molecule has 4 rings (SSSR count). The third-order valence-corrected chi connectivity index (χ3v) is 5.81. The summed E-state index contributed by atoms with van der Waals surface area (Å²) in [4.78, 5) is 16.4. The fraction of sp³-hybridized carbons (Fsp3) is 0.350. The molecule has 1 atom stereocenters. The van der Waals surface area contributed by atoms with E-state index in [1.165, 1.54) is 17.7 Å². The molecule has 25 heavy (non-hydrogen) atoms. The van der Waals surface area contributed by atoms with E-state index in [1.54, 1.807) is 11.3 Å². The number of rotatable bonds is 5. The topological polar surface area (TPSA) is 41.6 Å². The molecule has 130 valence electrons. The Bertz CT molecular complexity index is 764. The highest BCUT2D eigenvalue weighted by molar-refractivity contribution is 7.10. The molecule has 1 unspecified atom stereocenters. The number of likely N-dealkylation sites (tertiary alicyclic amines) is 1. The molecule has 0 radical (unpaired) electrons. The molecule has 2 aliphatic heterocycles. The number of ether oxygens (including phenoxy) is 1. The lowest BCUT2D eigenvalue weighted by molar-refractivity contribution is -0.118. The fourth-order valence-electron chi connectivity index (χ4n) is 3.49. The van der Waals surface area contributed by atoms with Crippen molar-refractivity contribution in [2.24, 2.45) is 0 Å². The number of fused-ring (bicyclic) bond motifs is 1. The monoisotopic (exact) mass is 354 g/mol. The Labute approximate surface area is 152 Å². The maximum atomic E-state index is 12.6. The predicted octanol–water partition coefficient (Wildman–Crippen LogP) is 3.48. The Morgan fingerprint density at radius 1 is 1.20 bits per heavy atom. The Morgan fingerprint density at radius 3 is 2.84 bits per heavy atom. The average molecular weight is 354 g/mol. The number of carbonyl (C=O) groups is 1. The van der Waals surface area contributed by atoms with Crippen molar-refractivity contribution < 1.29 is 9.53 Å². The minimum absolute atomic E-state index is 0.0322. The SMILES string of the molecule is O=C(NCC(c1cccs1)N1CCCC1)C1=Cc2ccccc2OC1. The molecule has 2 aliphatic rings. The van der Waals surface area contributed by atoms with Crippen molar-refractivity contribution in [1.29, 1.82) is 0 Å². The number of hydrogen-bond acceptors (Lipinski definition) is 4. The van der Waals surface area contributed by atoms with Crippen LogP contribution in [0.5, 0.6) is 5.75 Å². The van der Waals surface area contributed by atoms with E-state index in [1.807, 2.05) is 30.3 Å². The van der Waals surface area contributed by atoms with Gasteiger partial charge in [-0.25, -0.2) is 0 Å². The molecule has 0 saturated carbocycles. The second-order valence-electron chi connectivity index (χ2n) is 6.48. The van der Waals surface area contributed by atoms with Gasteiger partial charge >= 0.3 is 0 Å². The third-order valence-electron chi connectivity index (χ3n) is 4.83. The van der Waals surface area contributed by atoms with Crippen molar-refractivity contribution in [3.05, 3.63) is 57.8 Å². The zero-order valence-corrected chi connectivity index (χ0v) is 14.9. The lowest BCUT2D eigenvalue weighted by atomic mass is 10.1. The Morgan fingerprint density at radius 2 is 2.04 bits per heavy atom. The molecule has 1 amide bonds. The van der Waals surface area contributed by atoms with Gasteiger partial charge in [-0.05, 0) is 49.5 Å². The van der Waals surface area contributed by atoms with Crippen molar-refractivity contribution in [2.75, 3.05) is 26.2 Å². The van der Waals surface area contributed by atoms with E-state index < -0.39 is 0 Å². The summed E-state index contributed by atoms with van der Waals surface area (Å²) in [5, 5.41) is 5.23. The zero-order valence-electron chi connectivity index (χ0n) is 14.1. The summed E-state index contributed by atoms with van der Waals surface area (Å²) >= 11 is 1.76. The highest BCUT2D eigenvalue weighted by Crippen LogP contribution is 2.29. The van der Waals surface area contributed by atoms with E-state index in [-0.39, 0.29) is 11.9 Å². The molecule has 0 spiro atoms. The van der Waals surface area contributed by atoms with Crippen LogP contribution in [-0.2, 0) is 4.79 Å². The number of carbonyl (C=O) groups excluding carboxylic acids is 1. The molecular formula is C20H22N2O2S. The van der Waals surface area contributed by atoms with Crippen LogP contribution >= 0.6 is 11.3 Å². The van der Waals surface area contributed by atoms with Crippen molar-refractivity contribution >= 4 is 23.3 Å². The molecular weight excluding hydrogens is 332 g/mol. The first kappa shape index (κ1) is 16.4. The maximum Gasteiger partial charge on any atom is 0.250 e. The van der Waals surface area contributed by atoms with Gasteiger partial charge in [-0.3, -0.25) is 9.69 Å². The van der Waals surface area contributed by atoms with Gasteiger partial charge in [0.2, 0.25) is 0 Å². The smallest absolute Gasteiger partial charge is 0.250 e. The molecule has 1 saturated heterocycles. The van der Waals surface area contributed by atoms with E-state index in [0.29, 0.717) is 18.7 Å². The van der Waals surface area contributed by atoms with E-state index in [9.17, 15) is 4.79 Å². The van der Waals surface area contributed by atoms with Gasteiger partial charge in [0.05, 0.1) is 11.6 Å². The third kappa shape index (κ3) is 3.62. The van der Waals surface area contributed by atoms with Crippen LogP contribution < -0.4 is 10.1 Å². The molecule has 1 aromatic heterocycles. The van der Waals surface area contributed by atoms with Crippen molar-refractivity contribution in [3.8, 4) is 5.75 Å². The normalized spacial score (nSPS) is 18.2. The molecule has 1 aromatic carbocycles. The first-order valence-electron chi connectivity index (χ1n) is 8.79. The van der Waals surface area contributed by atoms with Gasteiger partial charge in [-0.2, -0.15) is 0 Å². The van der Waals surface area contributed by atoms with Gasteiger partial charge in [-0.1, -0.05) is 24.3 Å². The fourth-order valence-corrected chi connectivity index (χ4v) is 4.35. The van der Waals surface area contributed by atoms with Crippen LogP contribution in [0.2, 0.25) is 0 Å². The van der Waals surface area contributed by atoms with Crippen LogP contribution in [0.3, 0.4) is 0 Å². The first-order chi connectivity index (χ1) is 12.3. The number of nitrogens with zero attached hydrogens (tertiary/aromatic N) is 1. The molecule has 1 N–H and O–H groups in total. The molecule has 4 nitrogen and oxygen atoms in total. The molecule has 3 heterocycles. The van der Waals surface area contributed by atoms with Crippen LogP contribution in [0.4, 0.5) is 0 Å². The number of benzene rings is 1. The molecule has 0 bridgehead atoms. The quantitative estimate of drug-likeness (QED) is 0.894. The van der Waals surface area contributed by atoms with Crippen molar-refractivity contribution in [2.45, 2.75) is 18.9 Å². The van der Waals surface area contributed by atoms with Crippen LogP contribution in [0.25, 0.3) is 6.08 Å². The van der Waals surface area contributed by atoms with Crippen molar-refractivity contribution in [1.82, 2.24) is 10.2 Å². The number of hydrogen-bond donors (Lipinski definition) is 1. The predicted molar refractivity (Wildman–Crippen MR) is 101 cm³/mol. The van der Waals surface area contributed by atoms with Gasteiger partial charge in [0.25, 0.3) is 5.91 Å². The lowest BCUT2D eigenvalue weighted by Crippen LogP contribution is -2.37. The summed E-state index contributed by atoms with van der Waals surface area (Å²) in [7, 11) is 0. The summed E-state index contributed by atoms with van der Waals surface area (Å²) in [5.41, 5.74) is 1.65. The Kier molecular flexibility index (Phi) is 4.85. The molecule has 5 heteroatoms. The summed E-state index contributed by atoms with van der Waals surface area (Å²) < 4.78 is 5.70. The van der Waals surface area contributed by atoms with Crippen LogP contribution in [0.1, 0.15) is 29.3 Å². The van der Waals surface area contributed by atoms with E-state index in [4.69, 9.17) is 4.74 Å². The number of thiophene rings is 1. The summed E-state index contributed by atoms with van der Waals surface area (Å²) in [6, 6.07) is 12.3. The second kappa shape index (κ2) is 7.42. The second-order valence-corrected chi connectivity index (χ2v) is 7.46. The number of amides is 1. The summed E-state index contributed by atoms with van der Waals surface area (Å²) in [6.45, 7) is 3.18. The Hall–Kier alpha value is -2.11. The van der Waals surface area contributed by atoms with Crippen molar-refractivity contribution in [3.63, 3.8) is 0 Å². The number of para-hydroxylation sites is 1. The molecule has 1 fully saturated rings. The molecule has 2 aromatic rings. The minimum atomic E-state index is -0.0322. The Balaban J connectivity index is 1.44. The van der Waals surface area contributed by atoms with Crippen LogP contribution in [-0.4, -0.2) is 37.0 Å². The minimum Gasteiger partial charge on any atom is -0.488 e. The maximum absolute atomic E-state index is 12.6. The zero-order chi connectivity index (χ0) is 17.1. The van der Waals surface area contributed by atoms with Crippen LogP contribution in [0.15, 0.2) is 47.4 Å². The van der Waals surface area contributed by atoms with E-state index in [0.717, 1.165) is 24.4 Å². The van der Waals surface area contributed by atoms with Crippen LogP contribution in [0, 0.1) is 0 Å². The van der Waals surface area contributed by atoms with E-state index >= 15 is 0 Å². The van der Waals surface area contributed by atoms with Gasteiger partial charge in [-0.15, -0.1) is 11.3 Å².